The molecule has 0 atom stereocenters. The first-order valence-electron chi connectivity index (χ1n) is 3.49. The molecule has 1 nitrogen and oxygen atoms in total. The highest BCUT2D eigenvalue weighted by atomic mass is 32.1. The Kier molecular flexibility index (Phi) is 34.9. The maximum absolute atomic E-state index is 7.57. The first-order valence-corrected chi connectivity index (χ1v) is 4.44. The van der Waals surface area contributed by atoms with Gasteiger partial charge in [0.1, 0.15) is 0 Å². The van der Waals surface area contributed by atoms with Crippen molar-refractivity contribution in [2.75, 3.05) is 6.61 Å². The molecule has 0 radical (unpaired) electrons. The fourth-order valence-corrected chi connectivity index (χ4v) is 0.680. The minimum absolute atomic E-state index is 0. The zero-order valence-corrected chi connectivity index (χ0v) is 7.69. The van der Waals surface area contributed by atoms with Gasteiger partial charge in [0.25, 0.3) is 0 Å². The Morgan fingerprint density at radius 1 is 1.18 bits per heavy atom. The average molecular weight is 176 g/mol. The molecule has 0 aromatic carbocycles. The second-order valence-electron chi connectivity index (χ2n) is 1.11. The van der Waals surface area contributed by atoms with Gasteiger partial charge in [-0.05, 0) is 17.7 Å². The minimum atomic E-state index is 0. The number of thiophene rings is 1. The Labute approximate surface area is 74.7 Å². The van der Waals surface area contributed by atoms with Crippen LogP contribution in [0, 0.1) is 0 Å². The van der Waals surface area contributed by atoms with Crippen LogP contribution in [-0.4, -0.2) is 11.7 Å². The van der Waals surface area contributed by atoms with Crippen LogP contribution in [-0.2, 0) is 0 Å². The molecule has 11 heavy (non-hydrogen) atoms. The van der Waals surface area contributed by atoms with Crippen molar-refractivity contribution in [1.29, 1.82) is 0 Å². The summed E-state index contributed by atoms with van der Waals surface area (Å²) in [5.41, 5.74) is 0. The smallest absolute Gasteiger partial charge is 0.0402 e. The summed E-state index contributed by atoms with van der Waals surface area (Å²) in [5, 5.41) is 11.7. The Hall–Kier alpha value is -0.340. The van der Waals surface area contributed by atoms with E-state index < -0.39 is 0 Å². The summed E-state index contributed by atoms with van der Waals surface area (Å²) in [6.07, 6.45) is 0. The first kappa shape index (κ1) is 17.0. The molecule has 0 amide bonds. The van der Waals surface area contributed by atoms with Crippen LogP contribution >= 0.6 is 11.3 Å². The second kappa shape index (κ2) is 22.6. The molecule has 1 heterocycles. The van der Waals surface area contributed by atoms with E-state index in [2.05, 4.69) is 0 Å². The van der Waals surface area contributed by atoms with Gasteiger partial charge in [-0.15, -0.1) is 0 Å². The molecule has 0 aliphatic carbocycles. The van der Waals surface area contributed by atoms with Gasteiger partial charge < -0.3 is 5.11 Å². The van der Waals surface area contributed by atoms with Gasteiger partial charge in [-0.1, -0.05) is 33.4 Å². The Balaban J connectivity index is -0.0000000956. The lowest BCUT2D eigenvalue weighted by molar-refractivity contribution is 0.318. The summed E-state index contributed by atoms with van der Waals surface area (Å²) in [7, 11) is 0. The molecule has 1 rings (SSSR count). The average Bonchev–Trinajstić information content (AvgIpc) is 2.48. The molecule has 0 aliphatic rings. The maximum Gasteiger partial charge on any atom is 0.0402 e. The number of hydrogen-bond donors (Lipinski definition) is 1. The lowest BCUT2D eigenvalue weighted by Crippen LogP contribution is -1.57. The number of rotatable bonds is 0. The molecule has 1 aromatic heterocycles. The highest BCUT2D eigenvalue weighted by Gasteiger charge is 1.58. The predicted molar refractivity (Wildman–Crippen MR) is 55.2 cm³/mol. The molecule has 0 saturated carbocycles. The zero-order chi connectivity index (χ0) is 8.24. The summed E-state index contributed by atoms with van der Waals surface area (Å²) in [6, 6.07) is 4.04. The highest BCUT2D eigenvalue weighted by Crippen LogP contribution is 1.91. The highest BCUT2D eigenvalue weighted by molar-refractivity contribution is 7.07. The summed E-state index contributed by atoms with van der Waals surface area (Å²) in [6.45, 7) is 5.93. The van der Waals surface area contributed by atoms with Gasteiger partial charge in [-0.3, -0.25) is 0 Å². The Morgan fingerprint density at radius 2 is 1.45 bits per heavy atom. The van der Waals surface area contributed by atoms with Crippen molar-refractivity contribution in [2.45, 2.75) is 28.2 Å². The molecule has 2 heteroatoms. The van der Waals surface area contributed by atoms with E-state index in [0.717, 1.165) is 0 Å². The summed E-state index contributed by atoms with van der Waals surface area (Å²) in [4.78, 5) is 0. The van der Waals surface area contributed by atoms with Crippen molar-refractivity contribution in [3.8, 4) is 0 Å². The lowest BCUT2D eigenvalue weighted by Gasteiger charge is -1.52. The fraction of sp³-hybridized carbons (Fsp3) is 0.556. The van der Waals surface area contributed by atoms with Crippen LogP contribution in [0.3, 0.4) is 0 Å². The fourth-order valence-electron chi connectivity index (χ4n) is 0.227. The van der Waals surface area contributed by atoms with Crippen LogP contribution < -0.4 is 0 Å². The van der Waals surface area contributed by atoms with E-state index in [1.54, 1.807) is 18.3 Å². The van der Waals surface area contributed by atoms with E-state index in [9.17, 15) is 0 Å². The van der Waals surface area contributed by atoms with Gasteiger partial charge in [0, 0.05) is 6.61 Å². The zero-order valence-electron chi connectivity index (χ0n) is 6.87. The topological polar surface area (TPSA) is 20.2 Å². The second-order valence-corrected chi connectivity index (χ2v) is 1.93. The SMILES string of the molecule is C.CC.CCO.c1ccsc1. The third-order valence-corrected chi connectivity index (χ3v) is 1.05. The third kappa shape index (κ3) is 26.1. The van der Waals surface area contributed by atoms with Crippen LogP contribution in [0.4, 0.5) is 0 Å². The van der Waals surface area contributed by atoms with Crippen molar-refractivity contribution in [2.24, 2.45) is 0 Å². The van der Waals surface area contributed by atoms with Crippen molar-refractivity contribution in [3.63, 3.8) is 0 Å². The first-order chi connectivity index (χ1) is 4.91. The molecule has 1 aromatic rings. The standard InChI is InChI=1S/C4H4S.C2H6O.C2H6.CH4/c1-2-4-5-3-1;1-2-3;1-2;/h1-4H;3H,2H2,1H3;1-2H3;1H4. The summed E-state index contributed by atoms with van der Waals surface area (Å²) >= 11 is 1.71. The Morgan fingerprint density at radius 3 is 1.55 bits per heavy atom. The molecule has 0 saturated heterocycles. The van der Waals surface area contributed by atoms with E-state index in [1.165, 1.54) is 0 Å². The van der Waals surface area contributed by atoms with Gasteiger partial charge in [-0.2, -0.15) is 11.3 Å². The van der Waals surface area contributed by atoms with E-state index in [4.69, 9.17) is 5.11 Å². The Bertz CT molecular complexity index is 76.5. The van der Waals surface area contributed by atoms with Gasteiger partial charge in [0.15, 0.2) is 0 Å². The molecular formula is C9H20OS. The number of aliphatic hydroxyl groups excluding tert-OH is 1. The predicted octanol–water partition coefficient (Wildman–Crippen LogP) is 3.41. The van der Waals surface area contributed by atoms with Crippen LogP contribution in [0.2, 0.25) is 0 Å². The van der Waals surface area contributed by atoms with Crippen molar-refractivity contribution < 1.29 is 5.11 Å². The molecular weight excluding hydrogens is 156 g/mol. The number of aliphatic hydroxyl groups is 1. The van der Waals surface area contributed by atoms with E-state index in [-0.39, 0.29) is 14.0 Å². The lowest BCUT2D eigenvalue weighted by atomic mass is 10.7. The van der Waals surface area contributed by atoms with Gasteiger partial charge in [-0.25, -0.2) is 0 Å². The number of hydrogen-bond acceptors (Lipinski definition) is 2. The quantitative estimate of drug-likeness (QED) is 0.642. The maximum atomic E-state index is 7.57. The molecule has 1 N–H and O–H groups in total. The van der Waals surface area contributed by atoms with Crippen LogP contribution in [0.5, 0.6) is 0 Å². The largest absolute Gasteiger partial charge is 0.397 e. The van der Waals surface area contributed by atoms with Crippen LogP contribution in [0.15, 0.2) is 22.9 Å². The summed E-state index contributed by atoms with van der Waals surface area (Å²) < 4.78 is 0. The van der Waals surface area contributed by atoms with Gasteiger partial charge >= 0.3 is 0 Å². The van der Waals surface area contributed by atoms with Crippen molar-refractivity contribution >= 4 is 11.3 Å². The van der Waals surface area contributed by atoms with Gasteiger partial charge in [0.2, 0.25) is 0 Å². The third-order valence-electron chi connectivity index (χ3n) is 0.425. The van der Waals surface area contributed by atoms with Crippen LogP contribution in [0.1, 0.15) is 28.2 Å². The van der Waals surface area contributed by atoms with E-state index >= 15 is 0 Å². The van der Waals surface area contributed by atoms with E-state index in [0.29, 0.717) is 0 Å². The molecule has 0 aliphatic heterocycles. The molecule has 0 spiro atoms. The minimum Gasteiger partial charge on any atom is -0.397 e. The van der Waals surface area contributed by atoms with E-state index in [1.807, 2.05) is 36.7 Å². The van der Waals surface area contributed by atoms with Crippen molar-refractivity contribution in [3.05, 3.63) is 22.9 Å². The normalized spacial score (nSPS) is 5.82. The molecule has 68 valence electrons. The van der Waals surface area contributed by atoms with Gasteiger partial charge in [0.05, 0.1) is 0 Å². The molecule has 0 unspecified atom stereocenters. The van der Waals surface area contributed by atoms with Crippen molar-refractivity contribution in [1.82, 2.24) is 0 Å². The monoisotopic (exact) mass is 176 g/mol. The van der Waals surface area contributed by atoms with Crippen LogP contribution in [0.25, 0.3) is 0 Å². The summed E-state index contributed by atoms with van der Waals surface area (Å²) in [5.74, 6) is 0. The molecule has 0 fully saturated rings. The molecule has 0 bridgehead atoms.